The van der Waals surface area contributed by atoms with Crippen LogP contribution in [0.3, 0.4) is 0 Å². The number of aryl methyl sites for hydroxylation is 1. The summed E-state index contributed by atoms with van der Waals surface area (Å²) < 4.78 is 0. The zero-order valence-corrected chi connectivity index (χ0v) is 15.7. The lowest BCUT2D eigenvalue weighted by Crippen LogP contribution is -2.37. The number of hydrogen-bond donors (Lipinski definition) is 2. The van der Waals surface area contributed by atoms with E-state index in [9.17, 15) is 4.79 Å². The molecule has 2 rings (SSSR count). The second-order valence-corrected chi connectivity index (χ2v) is 6.58. The Morgan fingerprint density at radius 1 is 1.12 bits per heavy atom. The summed E-state index contributed by atoms with van der Waals surface area (Å²) in [7, 11) is 0. The SMILES string of the molecule is CCN(CCNC(=O)Nc1ccc(C(C)C)cc1)c1cccc(C)c1. The van der Waals surface area contributed by atoms with Crippen LogP contribution in [0.15, 0.2) is 48.5 Å². The number of nitrogens with zero attached hydrogens (tertiary/aromatic N) is 1. The Hall–Kier alpha value is -2.49. The fourth-order valence-electron chi connectivity index (χ4n) is 2.73. The summed E-state index contributed by atoms with van der Waals surface area (Å²) in [5, 5.41) is 5.81. The second-order valence-electron chi connectivity index (χ2n) is 6.58. The predicted octanol–water partition coefficient (Wildman–Crippen LogP) is 4.77. The van der Waals surface area contributed by atoms with Gasteiger partial charge in [-0.1, -0.05) is 38.1 Å². The summed E-state index contributed by atoms with van der Waals surface area (Å²) in [4.78, 5) is 14.3. The minimum absolute atomic E-state index is 0.169. The first-order valence-corrected chi connectivity index (χ1v) is 8.96. The highest BCUT2D eigenvalue weighted by Crippen LogP contribution is 2.17. The molecule has 0 aliphatic heterocycles. The largest absolute Gasteiger partial charge is 0.370 e. The first-order valence-electron chi connectivity index (χ1n) is 8.96. The van der Waals surface area contributed by atoms with Gasteiger partial charge in [0, 0.05) is 31.0 Å². The molecular weight excluding hydrogens is 310 g/mol. The Kier molecular flexibility index (Phi) is 6.87. The summed E-state index contributed by atoms with van der Waals surface area (Å²) in [6.45, 7) is 10.8. The molecule has 0 fully saturated rings. The van der Waals surface area contributed by atoms with E-state index in [-0.39, 0.29) is 6.03 Å². The third kappa shape index (κ3) is 5.82. The summed E-state index contributed by atoms with van der Waals surface area (Å²) in [6, 6.07) is 16.3. The van der Waals surface area contributed by atoms with Gasteiger partial charge in [-0.05, 0) is 55.2 Å². The molecule has 25 heavy (non-hydrogen) atoms. The van der Waals surface area contributed by atoms with Crippen LogP contribution in [0.2, 0.25) is 0 Å². The van der Waals surface area contributed by atoms with Gasteiger partial charge in [0.1, 0.15) is 0 Å². The van der Waals surface area contributed by atoms with Gasteiger partial charge in [0.15, 0.2) is 0 Å². The van der Waals surface area contributed by atoms with Crippen molar-refractivity contribution in [2.24, 2.45) is 0 Å². The average Bonchev–Trinajstić information content (AvgIpc) is 2.59. The van der Waals surface area contributed by atoms with Crippen LogP contribution in [0.1, 0.15) is 37.8 Å². The van der Waals surface area contributed by atoms with Gasteiger partial charge in [-0.3, -0.25) is 0 Å². The molecule has 0 heterocycles. The molecule has 2 aromatic carbocycles. The maximum atomic E-state index is 12.1. The van der Waals surface area contributed by atoms with E-state index in [4.69, 9.17) is 0 Å². The molecule has 134 valence electrons. The molecule has 0 aromatic heterocycles. The minimum Gasteiger partial charge on any atom is -0.370 e. The summed E-state index contributed by atoms with van der Waals surface area (Å²) in [5.74, 6) is 0.490. The van der Waals surface area contributed by atoms with Gasteiger partial charge in [0.25, 0.3) is 0 Å². The van der Waals surface area contributed by atoms with Crippen molar-refractivity contribution in [2.75, 3.05) is 29.9 Å². The van der Waals surface area contributed by atoms with Gasteiger partial charge in [0.05, 0.1) is 0 Å². The van der Waals surface area contributed by atoms with Crippen molar-refractivity contribution in [3.05, 3.63) is 59.7 Å². The molecular formula is C21H29N3O. The first-order chi connectivity index (χ1) is 12.0. The lowest BCUT2D eigenvalue weighted by atomic mass is 10.0. The Bertz CT molecular complexity index is 680. The quantitative estimate of drug-likeness (QED) is 0.763. The van der Waals surface area contributed by atoms with E-state index in [2.05, 4.69) is 79.6 Å². The number of carbonyl (C=O) groups excluding carboxylic acids is 1. The molecule has 2 aromatic rings. The third-order valence-electron chi connectivity index (χ3n) is 4.25. The molecule has 4 heteroatoms. The maximum absolute atomic E-state index is 12.1. The van der Waals surface area contributed by atoms with Crippen molar-refractivity contribution >= 4 is 17.4 Å². The molecule has 0 saturated carbocycles. The van der Waals surface area contributed by atoms with Crippen LogP contribution in [0.4, 0.5) is 16.2 Å². The first kappa shape index (κ1) is 18.8. The smallest absolute Gasteiger partial charge is 0.319 e. The summed E-state index contributed by atoms with van der Waals surface area (Å²) in [5.41, 5.74) is 4.51. The van der Waals surface area contributed by atoms with Crippen molar-refractivity contribution < 1.29 is 4.79 Å². The molecule has 0 unspecified atom stereocenters. The van der Waals surface area contributed by atoms with Crippen molar-refractivity contribution in [2.45, 2.75) is 33.6 Å². The van der Waals surface area contributed by atoms with Gasteiger partial charge in [-0.25, -0.2) is 4.79 Å². The number of hydrogen-bond acceptors (Lipinski definition) is 2. The van der Waals surface area contributed by atoms with Crippen LogP contribution in [-0.2, 0) is 0 Å². The summed E-state index contributed by atoms with van der Waals surface area (Å²) >= 11 is 0. The van der Waals surface area contributed by atoms with Crippen LogP contribution in [0.5, 0.6) is 0 Å². The van der Waals surface area contributed by atoms with E-state index in [1.807, 2.05) is 12.1 Å². The van der Waals surface area contributed by atoms with Gasteiger partial charge >= 0.3 is 6.03 Å². The highest BCUT2D eigenvalue weighted by molar-refractivity contribution is 5.89. The van der Waals surface area contributed by atoms with Crippen molar-refractivity contribution in [3.63, 3.8) is 0 Å². The van der Waals surface area contributed by atoms with Crippen LogP contribution >= 0.6 is 0 Å². The van der Waals surface area contributed by atoms with Crippen molar-refractivity contribution in [3.8, 4) is 0 Å². The molecule has 0 radical (unpaired) electrons. The molecule has 0 bridgehead atoms. The molecule has 4 nitrogen and oxygen atoms in total. The normalized spacial score (nSPS) is 10.6. The second kappa shape index (κ2) is 9.11. The Balaban J connectivity index is 1.81. The van der Waals surface area contributed by atoms with Gasteiger partial charge in [-0.15, -0.1) is 0 Å². The van der Waals surface area contributed by atoms with Gasteiger partial charge in [0.2, 0.25) is 0 Å². The number of amides is 2. The summed E-state index contributed by atoms with van der Waals surface area (Å²) in [6.07, 6.45) is 0. The number of likely N-dealkylation sites (N-methyl/N-ethyl adjacent to an activating group) is 1. The number of benzene rings is 2. The van der Waals surface area contributed by atoms with Crippen LogP contribution in [0, 0.1) is 6.92 Å². The minimum atomic E-state index is -0.169. The Morgan fingerprint density at radius 2 is 1.84 bits per heavy atom. The zero-order valence-electron chi connectivity index (χ0n) is 15.7. The van der Waals surface area contributed by atoms with Crippen LogP contribution in [0.25, 0.3) is 0 Å². The van der Waals surface area contributed by atoms with Crippen LogP contribution < -0.4 is 15.5 Å². The molecule has 2 N–H and O–H groups in total. The fraction of sp³-hybridized carbons (Fsp3) is 0.381. The standard InChI is InChI=1S/C21H29N3O/c1-5-24(20-8-6-7-17(4)15-20)14-13-22-21(25)23-19-11-9-18(10-12-19)16(2)3/h6-12,15-16H,5,13-14H2,1-4H3,(H2,22,23,25). The number of anilines is 2. The monoisotopic (exact) mass is 339 g/mol. The van der Waals surface area contributed by atoms with Crippen molar-refractivity contribution in [1.82, 2.24) is 5.32 Å². The van der Waals surface area contributed by atoms with Crippen molar-refractivity contribution in [1.29, 1.82) is 0 Å². The van der Waals surface area contributed by atoms with Gasteiger partial charge in [-0.2, -0.15) is 0 Å². The van der Waals surface area contributed by atoms with Crippen LogP contribution in [-0.4, -0.2) is 25.7 Å². The van der Waals surface area contributed by atoms with E-state index in [0.717, 1.165) is 18.8 Å². The van der Waals surface area contributed by atoms with E-state index in [0.29, 0.717) is 12.5 Å². The molecule has 2 amide bonds. The van der Waals surface area contributed by atoms with E-state index < -0.39 is 0 Å². The molecule has 0 spiro atoms. The Morgan fingerprint density at radius 3 is 2.44 bits per heavy atom. The highest BCUT2D eigenvalue weighted by atomic mass is 16.2. The molecule has 0 aliphatic rings. The highest BCUT2D eigenvalue weighted by Gasteiger charge is 2.06. The molecule has 0 aliphatic carbocycles. The topological polar surface area (TPSA) is 44.4 Å². The number of rotatable bonds is 7. The van der Waals surface area contributed by atoms with E-state index in [1.54, 1.807) is 0 Å². The average molecular weight is 339 g/mol. The number of nitrogens with one attached hydrogen (secondary N) is 2. The Labute approximate surface area is 151 Å². The predicted molar refractivity (Wildman–Crippen MR) is 107 cm³/mol. The lowest BCUT2D eigenvalue weighted by Gasteiger charge is -2.23. The number of urea groups is 1. The molecule has 0 saturated heterocycles. The fourth-order valence-corrected chi connectivity index (χ4v) is 2.73. The van der Waals surface area contributed by atoms with Gasteiger partial charge < -0.3 is 15.5 Å². The molecule has 0 atom stereocenters. The maximum Gasteiger partial charge on any atom is 0.319 e. The number of carbonyl (C=O) groups is 1. The zero-order chi connectivity index (χ0) is 18.2. The van der Waals surface area contributed by atoms with E-state index in [1.165, 1.54) is 16.8 Å². The third-order valence-corrected chi connectivity index (χ3v) is 4.25. The lowest BCUT2D eigenvalue weighted by molar-refractivity contribution is 0.252. The van der Waals surface area contributed by atoms with E-state index >= 15 is 0 Å².